The Kier molecular flexibility index (Phi) is 5.79. The molecule has 1 aromatic heterocycles. The first kappa shape index (κ1) is 12.9. The van der Waals surface area contributed by atoms with Gasteiger partial charge in [-0.25, -0.2) is 0 Å². The van der Waals surface area contributed by atoms with Crippen LogP contribution < -0.4 is 5.73 Å². The van der Waals surface area contributed by atoms with E-state index in [0.717, 1.165) is 11.3 Å². The summed E-state index contributed by atoms with van der Waals surface area (Å²) in [6.07, 6.45) is 10.1. The average Bonchev–Trinajstić information content (AvgIpc) is 2.35. The van der Waals surface area contributed by atoms with Gasteiger partial charge in [-0.05, 0) is 30.4 Å². The molecule has 1 rings (SSSR count). The van der Waals surface area contributed by atoms with Gasteiger partial charge in [0.05, 0.1) is 5.69 Å². The number of aromatic nitrogens is 1. The maximum Gasteiger partial charge on any atom is 0.0539 e. The van der Waals surface area contributed by atoms with Crippen LogP contribution in [-0.4, -0.2) is 4.98 Å². The van der Waals surface area contributed by atoms with Crippen molar-refractivity contribution in [3.63, 3.8) is 0 Å². The molecule has 88 valence electrons. The van der Waals surface area contributed by atoms with Gasteiger partial charge in [-0.3, -0.25) is 4.98 Å². The quantitative estimate of drug-likeness (QED) is 0.795. The van der Waals surface area contributed by atoms with Crippen molar-refractivity contribution in [2.45, 2.75) is 39.7 Å². The third-order valence-electron chi connectivity index (χ3n) is 2.80. The van der Waals surface area contributed by atoms with E-state index in [-0.39, 0.29) is 0 Å². The summed E-state index contributed by atoms with van der Waals surface area (Å²) in [5.74, 6) is 0.694. The van der Waals surface area contributed by atoms with Crippen molar-refractivity contribution in [3.05, 3.63) is 35.7 Å². The summed E-state index contributed by atoms with van der Waals surface area (Å²) in [6, 6.07) is 4.06. The van der Waals surface area contributed by atoms with Crippen LogP contribution in [0.2, 0.25) is 0 Å². The van der Waals surface area contributed by atoms with Gasteiger partial charge in [-0.2, -0.15) is 0 Å². The Bertz CT molecular complexity index is 314. The Morgan fingerprint density at radius 1 is 1.38 bits per heavy atom. The predicted molar refractivity (Wildman–Crippen MR) is 69.9 cm³/mol. The molecule has 2 N–H and O–H groups in total. The normalized spacial score (nSPS) is 13.2. The third kappa shape index (κ3) is 4.15. The van der Waals surface area contributed by atoms with Crippen molar-refractivity contribution in [2.24, 2.45) is 11.7 Å². The molecule has 0 saturated heterocycles. The molecule has 0 amide bonds. The van der Waals surface area contributed by atoms with E-state index in [1.54, 1.807) is 0 Å². The number of nitrogens with two attached hydrogens (primary N) is 1. The molecule has 0 bridgehead atoms. The highest BCUT2D eigenvalue weighted by Gasteiger charge is 1.99. The van der Waals surface area contributed by atoms with E-state index in [4.69, 9.17) is 5.73 Å². The van der Waals surface area contributed by atoms with Gasteiger partial charge in [-0.1, -0.05) is 38.5 Å². The van der Waals surface area contributed by atoms with Crippen molar-refractivity contribution in [1.82, 2.24) is 4.98 Å². The lowest BCUT2D eigenvalue weighted by Crippen LogP contribution is -1.98. The second-order valence-electron chi connectivity index (χ2n) is 4.10. The van der Waals surface area contributed by atoms with Crippen LogP contribution in [0.5, 0.6) is 0 Å². The smallest absolute Gasteiger partial charge is 0.0539 e. The van der Waals surface area contributed by atoms with Gasteiger partial charge in [0.15, 0.2) is 0 Å². The van der Waals surface area contributed by atoms with Crippen molar-refractivity contribution in [3.8, 4) is 0 Å². The molecule has 1 atom stereocenters. The van der Waals surface area contributed by atoms with E-state index in [9.17, 15) is 0 Å². The lowest BCUT2D eigenvalue weighted by atomic mass is 9.99. The summed E-state index contributed by atoms with van der Waals surface area (Å²) >= 11 is 0. The summed E-state index contributed by atoms with van der Waals surface area (Å²) < 4.78 is 0. The molecule has 1 heterocycles. The first-order valence-corrected chi connectivity index (χ1v) is 6.13. The second kappa shape index (κ2) is 7.18. The number of nitrogens with zero attached hydrogens (tertiary/aromatic N) is 1. The van der Waals surface area contributed by atoms with Gasteiger partial charge in [-0.15, -0.1) is 0 Å². The molecule has 1 unspecified atom stereocenters. The Balaban J connectivity index is 2.60. The molecule has 0 aromatic carbocycles. The van der Waals surface area contributed by atoms with Crippen LogP contribution in [0, 0.1) is 5.92 Å². The van der Waals surface area contributed by atoms with Crippen LogP contribution in [0.4, 0.5) is 0 Å². The largest absolute Gasteiger partial charge is 0.325 e. The molecular weight excluding hydrogens is 196 g/mol. The minimum Gasteiger partial charge on any atom is -0.325 e. The van der Waals surface area contributed by atoms with Crippen LogP contribution in [-0.2, 0) is 6.54 Å². The summed E-state index contributed by atoms with van der Waals surface area (Å²) in [4.78, 5) is 4.27. The minimum absolute atomic E-state index is 0.511. The molecule has 0 aliphatic heterocycles. The molecular formula is C14H22N2. The molecule has 0 fully saturated rings. The zero-order valence-electron chi connectivity index (χ0n) is 10.3. The Morgan fingerprint density at radius 3 is 2.69 bits per heavy atom. The zero-order valence-corrected chi connectivity index (χ0v) is 10.3. The number of pyridine rings is 1. The highest BCUT2D eigenvalue weighted by molar-refractivity contribution is 5.48. The van der Waals surface area contributed by atoms with Crippen molar-refractivity contribution < 1.29 is 0 Å². The zero-order chi connectivity index (χ0) is 11.8. The highest BCUT2D eigenvalue weighted by Crippen LogP contribution is 2.14. The fourth-order valence-electron chi connectivity index (χ4n) is 1.71. The maximum atomic E-state index is 5.50. The van der Waals surface area contributed by atoms with Crippen molar-refractivity contribution in [1.29, 1.82) is 0 Å². The molecule has 1 aromatic rings. The lowest BCUT2D eigenvalue weighted by Gasteiger charge is -2.07. The van der Waals surface area contributed by atoms with Gasteiger partial charge in [0.25, 0.3) is 0 Å². The van der Waals surface area contributed by atoms with E-state index in [0.29, 0.717) is 12.5 Å². The van der Waals surface area contributed by atoms with Crippen LogP contribution in [0.1, 0.15) is 44.4 Å². The Morgan fingerprint density at radius 2 is 2.19 bits per heavy atom. The van der Waals surface area contributed by atoms with Crippen molar-refractivity contribution in [2.75, 3.05) is 0 Å². The Hall–Kier alpha value is -1.15. The number of hydrogen-bond acceptors (Lipinski definition) is 2. The number of rotatable bonds is 6. The summed E-state index contributed by atoms with van der Waals surface area (Å²) in [5.41, 5.74) is 7.60. The summed E-state index contributed by atoms with van der Waals surface area (Å²) in [7, 11) is 0. The lowest BCUT2D eigenvalue weighted by molar-refractivity contribution is 0.565. The second-order valence-corrected chi connectivity index (χ2v) is 4.10. The van der Waals surface area contributed by atoms with E-state index in [1.807, 2.05) is 12.3 Å². The van der Waals surface area contributed by atoms with E-state index in [2.05, 4.69) is 37.0 Å². The van der Waals surface area contributed by atoms with Crippen LogP contribution >= 0.6 is 0 Å². The molecule has 16 heavy (non-hydrogen) atoms. The van der Waals surface area contributed by atoms with E-state index < -0.39 is 0 Å². The first-order valence-electron chi connectivity index (χ1n) is 6.13. The summed E-state index contributed by atoms with van der Waals surface area (Å²) in [6.45, 7) is 4.98. The monoisotopic (exact) mass is 218 g/mol. The molecule has 0 aliphatic rings. The van der Waals surface area contributed by atoms with Crippen LogP contribution in [0.25, 0.3) is 6.08 Å². The van der Waals surface area contributed by atoms with Crippen LogP contribution in [0.15, 0.2) is 24.4 Å². The topological polar surface area (TPSA) is 38.9 Å². The SMILES string of the molecule is CCCC(/C=C\c1ccc(CN)nc1)CC. The Labute approximate surface area is 98.6 Å². The third-order valence-corrected chi connectivity index (χ3v) is 2.80. The van der Waals surface area contributed by atoms with Crippen molar-refractivity contribution >= 4 is 6.08 Å². The van der Waals surface area contributed by atoms with Gasteiger partial charge < -0.3 is 5.73 Å². The van der Waals surface area contributed by atoms with Gasteiger partial charge in [0.1, 0.15) is 0 Å². The van der Waals surface area contributed by atoms with E-state index in [1.165, 1.54) is 19.3 Å². The van der Waals surface area contributed by atoms with Crippen LogP contribution in [0.3, 0.4) is 0 Å². The van der Waals surface area contributed by atoms with Gasteiger partial charge >= 0.3 is 0 Å². The minimum atomic E-state index is 0.511. The fourth-order valence-corrected chi connectivity index (χ4v) is 1.71. The van der Waals surface area contributed by atoms with E-state index >= 15 is 0 Å². The molecule has 0 spiro atoms. The molecule has 2 nitrogen and oxygen atoms in total. The fraction of sp³-hybridized carbons (Fsp3) is 0.500. The predicted octanol–water partition coefficient (Wildman–Crippen LogP) is 3.38. The molecule has 2 heteroatoms. The maximum absolute atomic E-state index is 5.50. The average molecular weight is 218 g/mol. The standard InChI is InChI=1S/C14H22N2/c1-3-5-12(4-2)6-7-13-8-9-14(10-15)16-11-13/h6-9,11-12H,3-5,10,15H2,1-2H3/b7-6-. The number of hydrogen-bond donors (Lipinski definition) is 1. The molecule has 0 radical (unpaired) electrons. The molecule has 0 saturated carbocycles. The van der Waals surface area contributed by atoms with Gasteiger partial charge in [0, 0.05) is 12.7 Å². The van der Waals surface area contributed by atoms with Gasteiger partial charge in [0.2, 0.25) is 0 Å². The summed E-state index contributed by atoms with van der Waals surface area (Å²) in [5, 5.41) is 0. The number of allylic oxidation sites excluding steroid dienone is 1. The highest BCUT2D eigenvalue weighted by atomic mass is 14.7. The first-order chi connectivity index (χ1) is 7.80. The molecule has 0 aliphatic carbocycles.